The van der Waals surface area contributed by atoms with Crippen molar-refractivity contribution in [1.29, 1.82) is 0 Å². The Morgan fingerprint density at radius 3 is 2.48 bits per heavy atom. The number of nitrogens with one attached hydrogen (secondary N) is 1. The summed E-state index contributed by atoms with van der Waals surface area (Å²) in [7, 11) is -3.42. The molecule has 0 bridgehead atoms. The lowest BCUT2D eigenvalue weighted by Gasteiger charge is -2.26. The van der Waals surface area contributed by atoms with Gasteiger partial charge in [0.15, 0.2) is 18.6 Å². The van der Waals surface area contributed by atoms with Gasteiger partial charge in [-0.2, -0.15) is 5.09 Å². The van der Waals surface area contributed by atoms with Gasteiger partial charge < -0.3 is 28.6 Å². The lowest BCUT2D eigenvalue weighted by molar-refractivity contribution is -0.152. The largest absolute Gasteiger partial charge is 0.462 e. The number of nitrogens with zero attached hydrogens (tertiary/aromatic N) is 3. The zero-order valence-electron chi connectivity index (χ0n) is 27.8. The van der Waals surface area contributed by atoms with E-state index in [1.165, 1.54) is 19.1 Å². The van der Waals surface area contributed by atoms with Crippen molar-refractivity contribution < 1.29 is 60.8 Å². The molecule has 0 aliphatic carbocycles. The summed E-state index contributed by atoms with van der Waals surface area (Å²) in [6, 6.07) is 6.02. The van der Waals surface area contributed by atoms with Crippen molar-refractivity contribution in [2.24, 2.45) is 0 Å². The highest BCUT2D eigenvalue weighted by Gasteiger charge is 2.56. The zero-order valence-corrected chi connectivity index (χ0v) is 28.7. The Balaban J connectivity index is 1.51. The van der Waals surface area contributed by atoms with Crippen LogP contribution >= 0.6 is 7.75 Å². The number of rotatable bonds is 13. The number of para-hydroxylation sites is 1. The number of amides is 1. The summed E-state index contributed by atoms with van der Waals surface area (Å²) < 4.78 is 76.5. The highest BCUT2D eigenvalue weighted by atomic mass is 31.2. The average Bonchev–Trinajstić information content (AvgIpc) is 3.55. The minimum Gasteiger partial charge on any atom is -0.462 e. The summed E-state index contributed by atoms with van der Waals surface area (Å²) in [5, 5.41) is 13.3. The number of aromatic nitrogens is 2. The van der Waals surface area contributed by atoms with Crippen molar-refractivity contribution in [3.05, 3.63) is 63.4 Å². The normalized spacial score (nSPS) is 26.7. The van der Waals surface area contributed by atoms with Gasteiger partial charge in [0, 0.05) is 18.7 Å². The third kappa shape index (κ3) is 8.76. The van der Waals surface area contributed by atoms with Crippen LogP contribution < -0.4 is 20.9 Å². The second kappa shape index (κ2) is 15.8. The molecule has 2 aliphatic heterocycles. The number of halogens is 2. The molecule has 1 aromatic heterocycles. The summed E-state index contributed by atoms with van der Waals surface area (Å²) in [6.45, 7) is 3.30. The monoisotopic (exact) mass is 732 g/mol. The van der Waals surface area contributed by atoms with Crippen molar-refractivity contribution in [1.82, 2.24) is 19.1 Å². The minimum absolute atomic E-state index is 0.0822. The maximum Gasteiger partial charge on any atom is 0.459 e. The first-order valence-electron chi connectivity index (χ1n) is 15.4. The molecule has 0 radical (unpaired) electrons. The molecule has 17 nitrogen and oxygen atoms in total. The van der Waals surface area contributed by atoms with Crippen LogP contribution in [0, 0.1) is 0 Å². The lowest BCUT2D eigenvalue weighted by atomic mass is 9.98. The first-order chi connectivity index (χ1) is 23.5. The molecule has 1 amide bonds. The molecule has 50 heavy (non-hydrogen) atoms. The topological polar surface area (TPSA) is 203 Å². The molecule has 3 heterocycles. The van der Waals surface area contributed by atoms with Gasteiger partial charge in [-0.15, -0.1) is 0 Å². The van der Waals surface area contributed by atoms with Crippen LogP contribution in [0.1, 0.15) is 40.3 Å². The molecule has 3 unspecified atom stereocenters. The van der Waals surface area contributed by atoms with Crippen LogP contribution in [0.15, 0.2) is 52.2 Å². The van der Waals surface area contributed by atoms with Gasteiger partial charge in [-0.3, -0.25) is 23.6 Å². The standard InChI is InChI=1S/C30H39F2N4O13P/c1-17(2)47-25(39)18(3)33-50(43,49-20-9-7-6-8-10-20)46-15-22-24(38)30(4,32)27(48-22)34-12-11-23(37)36(28(34)41)16-45-26(40)21-13-19(31)14-35(21)29(42)44-5/h6-12,17-19,21-22,24,27,38H,13-16H2,1-5H3,(H,33,43)/t18-,19?,21?,22+,24+,27+,30+,50?/m0/s1. The number of carbonyl (C=O) groups excluding carboxylic acids is 3. The molecule has 0 spiro atoms. The van der Waals surface area contributed by atoms with Gasteiger partial charge >= 0.3 is 31.5 Å². The molecule has 2 fully saturated rings. The Morgan fingerprint density at radius 1 is 1.16 bits per heavy atom. The number of aliphatic hydroxyl groups excluding tert-OH is 1. The summed E-state index contributed by atoms with van der Waals surface area (Å²) in [4.78, 5) is 63.9. The first kappa shape index (κ1) is 38.6. The number of ether oxygens (including phenoxy) is 4. The molecular weight excluding hydrogens is 693 g/mol. The molecule has 8 atom stereocenters. The third-order valence-electron chi connectivity index (χ3n) is 7.77. The van der Waals surface area contributed by atoms with E-state index < -0.39 is 112 Å². The van der Waals surface area contributed by atoms with Crippen molar-refractivity contribution in [2.45, 2.75) is 89.3 Å². The average molecular weight is 733 g/mol. The van der Waals surface area contributed by atoms with E-state index in [9.17, 15) is 38.0 Å². The summed E-state index contributed by atoms with van der Waals surface area (Å²) in [5.41, 5.74) is -4.90. The van der Waals surface area contributed by atoms with Gasteiger partial charge in [0.25, 0.3) is 5.56 Å². The fourth-order valence-corrected chi connectivity index (χ4v) is 6.74. The Hall–Kier alpha value is -4.16. The van der Waals surface area contributed by atoms with E-state index in [2.05, 4.69) is 9.82 Å². The summed E-state index contributed by atoms with van der Waals surface area (Å²) in [6.07, 6.45) is -7.98. The van der Waals surface area contributed by atoms with Crippen LogP contribution in [0.5, 0.6) is 5.75 Å². The number of hydrogen-bond donors (Lipinski definition) is 2. The molecular formula is C30H39F2N4O13P. The molecule has 276 valence electrons. The van der Waals surface area contributed by atoms with E-state index in [-0.39, 0.29) is 5.75 Å². The minimum atomic E-state index is -4.46. The third-order valence-corrected chi connectivity index (χ3v) is 9.41. The van der Waals surface area contributed by atoms with Crippen molar-refractivity contribution in [3.63, 3.8) is 0 Å². The highest BCUT2D eigenvalue weighted by molar-refractivity contribution is 7.52. The van der Waals surface area contributed by atoms with Crippen LogP contribution in [-0.4, -0.2) is 99.7 Å². The predicted octanol–water partition coefficient (Wildman–Crippen LogP) is 1.81. The Kier molecular flexibility index (Phi) is 12.2. The van der Waals surface area contributed by atoms with E-state index in [0.717, 1.165) is 31.2 Å². The van der Waals surface area contributed by atoms with Crippen molar-refractivity contribution in [3.8, 4) is 5.75 Å². The molecule has 2 aliphatic rings. The SMILES string of the molecule is COC(=O)N1CC(F)CC1C(=O)OCn1c(=O)ccn([C@@H]2O[C@H](COP(=O)(N[C@@H](C)C(=O)OC(C)C)Oc3ccccc3)[C@@H](O)[C@@]2(C)F)c1=O. The Bertz CT molecular complexity index is 1710. The van der Waals surface area contributed by atoms with Gasteiger partial charge in [0.05, 0.1) is 26.4 Å². The number of carbonyl (C=O) groups is 3. The number of methoxy groups -OCH3 is 1. The Labute approximate surface area is 284 Å². The molecule has 2 N–H and O–H groups in total. The van der Waals surface area contributed by atoms with E-state index in [1.54, 1.807) is 32.0 Å². The lowest BCUT2D eigenvalue weighted by Crippen LogP contribution is -2.47. The quantitative estimate of drug-likeness (QED) is 0.171. The first-order valence-corrected chi connectivity index (χ1v) is 17.0. The molecule has 0 saturated carbocycles. The second-order valence-electron chi connectivity index (χ2n) is 12.0. The van der Waals surface area contributed by atoms with Gasteiger partial charge in [0.2, 0.25) is 0 Å². The Morgan fingerprint density at radius 2 is 1.84 bits per heavy atom. The zero-order chi connectivity index (χ0) is 37.0. The molecule has 1 aromatic carbocycles. The number of hydrogen-bond acceptors (Lipinski definition) is 13. The smallest absolute Gasteiger partial charge is 0.459 e. The van der Waals surface area contributed by atoms with E-state index >= 15 is 4.39 Å². The number of alkyl halides is 2. The number of benzene rings is 1. The molecule has 2 saturated heterocycles. The van der Waals surface area contributed by atoms with Crippen LogP contribution in [0.4, 0.5) is 13.6 Å². The second-order valence-corrected chi connectivity index (χ2v) is 13.7. The van der Waals surface area contributed by atoms with E-state index in [4.69, 9.17) is 23.3 Å². The highest BCUT2D eigenvalue weighted by Crippen LogP contribution is 2.47. The van der Waals surface area contributed by atoms with Crippen LogP contribution in [-0.2, 0) is 44.4 Å². The maximum atomic E-state index is 16.1. The van der Waals surface area contributed by atoms with Gasteiger partial charge in [0.1, 0.15) is 36.2 Å². The molecule has 4 rings (SSSR count). The number of esters is 2. The maximum absolute atomic E-state index is 16.1. The van der Waals surface area contributed by atoms with Crippen LogP contribution in [0.2, 0.25) is 0 Å². The number of likely N-dealkylation sites (tertiary alicyclic amines) is 1. The van der Waals surface area contributed by atoms with E-state index in [0.29, 0.717) is 9.13 Å². The van der Waals surface area contributed by atoms with Gasteiger partial charge in [-0.25, -0.2) is 32.3 Å². The summed E-state index contributed by atoms with van der Waals surface area (Å²) in [5.74, 6) is -1.82. The van der Waals surface area contributed by atoms with Crippen molar-refractivity contribution >= 4 is 25.8 Å². The van der Waals surface area contributed by atoms with Crippen LogP contribution in [0.3, 0.4) is 0 Å². The number of aliphatic hydroxyl groups is 1. The van der Waals surface area contributed by atoms with Gasteiger partial charge in [-0.05, 0) is 39.8 Å². The fourth-order valence-electron chi connectivity index (χ4n) is 5.24. The van der Waals surface area contributed by atoms with E-state index in [1.807, 2.05) is 0 Å². The molecule has 20 heteroatoms. The van der Waals surface area contributed by atoms with Gasteiger partial charge in [-0.1, -0.05) is 18.2 Å². The predicted molar refractivity (Wildman–Crippen MR) is 167 cm³/mol. The van der Waals surface area contributed by atoms with Crippen LogP contribution in [0.25, 0.3) is 0 Å². The summed E-state index contributed by atoms with van der Waals surface area (Å²) >= 11 is 0. The molecule has 2 aromatic rings. The van der Waals surface area contributed by atoms with Crippen molar-refractivity contribution in [2.75, 3.05) is 20.3 Å². The fraction of sp³-hybridized carbons (Fsp3) is 0.567.